The van der Waals surface area contributed by atoms with Gasteiger partial charge in [0.2, 0.25) is 5.89 Å². The molecule has 3 heteroatoms. The van der Waals surface area contributed by atoms with Gasteiger partial charge in [0.25, 0.3) is 0 Å². The molecule has 0 bridgehead atoms. The van der Waals surface area contributed by atoms with Gasteiger partial charge in [0.15, 0.2) is 5.58 Å². The topological polar surface area (TPSA) is 29.3 Å². The average molecular weight is 336 g/mol. The fourth-order valence-electron chi connectivity index (χ4n) is 3.55. The molecule has 3 rings (SSSR count). The highest BCUT2D eigenvalue weighted by atomic mass is 16.3. The lowest BCUT2D eigenvalue weighted by molar-refractivity contribution is 0.169. The molecule has 25 heavy (non-hydrogen) atoms. The van der Waals surface area contributed by atoms with E-state index in [0.29, 0.717) is 12.1 Å². The molecule has 0 fully saturated rings. The summed E-state index contributed by atoms with van der Waals surface area (Å²) in [5.41, 5.74) is 3.06. The number of benzene rings is 2. The Morgan fingerprint density at radius 1 is 0.880 bits per heavy atom. The first kappa shape index (κ1) is 17.7. The van der Waals surface area contributed by atoms with E-state index in [0.717, 1.165) is 30.0 Å². The molecule has 2 aromatic carbocycles. The summed E-state index contributed by atoms with van der Waals surface area (Å²) in [6, 6.07) is 19.6. The number of rotatable bonds is 7. The van der Waals surface area contributed by atoms with Gasteiger partial charge in [0, 0.05) is 12.1 Å². The zero-order valence-electron chi connectivity index (χ0n) is 15.6. The molecule has 1 aromatic heterocycles. The Balaban J connectivity index is 1.90. The minimum atomic E-state index is 0.175. The lowest BCUT2D eigenvalue weighted by Gasteiger charge is -2.31. The normalized spacial score (nSPS) is 13.2. The summed E-state index contributed by atoms with van der Waals surface area (Å²) in [6.45, 7) is 10.1. The molecule has 0 aliphatic carbocycles. The number of para-hydroxylation sites is 2. The van der Waals surface area contributed by atoms with E-state index < -0.39 is 0 Å². The van der Waals surface area contributed by atoms with E-state index in [1.807, 2.05) is 24.3 Å². The second-order valence-corrected chi connectivity index (χ2v) is 7.20. The first-order valence-corrected chi connectivity index (χ1v) is 9.22. The standard InChI is InChI=1S/C22H28N2O/c1-16(2)24(17(3)4)15-14-19(18-10-6-5-7-11-18)22-23-20-12-8-9-13-21(20)25-22/h5-13,16-17,19H,14-15H2,1-4H3. The maximum absolute atomic E-state index is 6.11. The van der Waals surface area contributed by atoms with E-state index in [2.05, 4.69) is 62.9 Å². The van der Waals surface area contributed by atoms with Crippen molar-refractivity contribution in [2.24, 2.45) is 0 Å². The summed E-state index contributed by atoms with van der Waals surface area (Å²) in [5, 5.41) is 0. The van der Waals surface area contributed by atoms with Crippen LogP contribution in [0.15, 0.2) is 59.0 Å². The van der Waals surface area contributed by atoms with Crippen LogP contribution in [-0.2, 0) is 0 Å². The van der Waals surface area contributed by atoms with Crippen molar-refractivity contribution >= 4 is 11.1 Å². The Bertz CT molecular complexity index is 751. The Labute approximate surface area is 150 Å². The highest BCUT2D eigenvalue weighted by Gasteiger charge is 2.23. The minimum absolute atomic E-state index is 0.175. The molecular weight excluding hydrogens is 308 g/mol. The minimum Gasteiger partial charge on any atom is -0.440 e. The molecular formula is C22H28N2O. The van der Waals surface area contributed by atoms with Crippen molar-refractivity contribution in [1.29, 1.82) is 0 Å². The van der Waals surface area contributed by atoms with Crippen LogP contribution in [-0.4, -0.2) is 28.5 Å². The van der Waals surface area contributed by atoms with Crippen LogP contribution >= 0.6 is 0 Å². The molecule has 1 atom stereocenters. The van der Waals surface area contributed by atoms with Crippen molar-refractivity contribution in [2.45, 2.75) is 52.1 Å². The van der Waals surface area contributed by atoms with Crippen molar-refractivity contribution in [1.82, 2.24) is 9.88 Å². The molecule has 0 aliphatic heterocycles. The number of nitrogens with zero attached hydrogens (tertiary/aromatic N) is 2. The van der Waals surface area contributed by atoms with E-state index in [9.17, 15) is 0 Å². The molecule has 132 valence electrons. The van der Waals surface area contributed by atoms with Crippen molar-refractivity contribution in [2.75, 3.05) is 6.54 Å². The van der Waals surface area contributed by atoms with Gasteiger partial charge in [-0.25, -0.2) is 4.98 Å². The number of aromatic nitrogens is 1. The van der Waals surface area contributed by atoms with Crippen LogP contribution in [0.3, 0.4) is 0 Å². The van der Waals surface area contributed by atoms with Gasteiger partial charge in [-0.2, -0.15) is 0 Å². The van der Waals surface area contributed by atoms with E-state index in [4.69, 9.17) is 9.40 Å². The van der Waals surface area contributed by atoms with Gasteiger partial charge in [0.05, 0.1) is 5.92 Å². The number of fused-ring (bicyclic) bond motifs is 1. The molecule has 3 nitrogen and oxygen atoms in total. The van der Waals surface area contributed by atoms with E-state index in [1.54, 1.807) is 0 Å². The zero-order valence-corrected chi connectivity index (χ0v) is 15.6. The fraction of sp³-hybridized carbons (Fsp3) is 0.409. The highest BCUT2D eigenvalue weighted by molar-refractivity contribution is 5.72. The monoisotopic (exact) mass is 336 g/mol. The van der Waals surface area contributed by atoms with Crippen molar-refractivity contribution < 1.29 is 4.42 Å². The molecule has 0 saturated heterocycles. The second kappa shape index (κ2) is 7.83. The maximum Gasteiger partial charge on any atom is 0.203 e. The summed E-state index contributed by atoms with van der Waals surface area (Å²) in [5.74, 6) is 0.994. The van der Waals surface area contributed by atoms with Gasteiger partial charge in [-0.1, -0.05) is 42.5 Å². The molecule has 0 aliphatic rings. The first-order chi connectivity index (χ1) is 12.1. The van der Waals surface area contributed by atoms with Crippen LogP contribution in [0.25, 0.3) is 11.1 Å². The molecule has 1 unspecified atom stereocenters. The smallest absolute Gasteiger partial charge is 0.203 e. The predicted octanol–water partition coefficient (Wildman–Crippen LogP) is 5.47. The van der Waals surface area contributed by atoms with Gasteiger partial charge in [-0.3, -0.25) is 4.90 Å². The number of oxazole rings is 1. The van der Waals surface area contributed by atoms with E-state index in [1.165, 1.54) is 5.56 Å². The Morgan fingerprint density at radius 2 is 1.52 bits per heavy atom. The van der Waals surface area contributed by atoms with Crippen molar-refractivity contribution in [3.63, 3.8) is 0 Å². The fourth-order valence-corrected chi connectivity index (χ4v) is 3.55. The van der Waals surface area contributed by atoms with Crippen LogP contribution in [0.5, 0.6) is 0 Å². The summed E-state index contributed by atoms with van der Waals surface area (Å²) in [7, 11) is 0. The van der Waals surface area contributed by atoms with Gasteiger partial charge >= 0.3 is 0 Å². The summed E-state index contributed by atoms with van der Waals surface area (Å²) in [6.07, 6.45) is 0.993. The van der Waals surface area contributed by atoms with Crippen LogP contribution in [0.2, 0.25) is 0 Å². The van der Waals surface area contributed by atoms with Gasteiger partial charge < -0.3 is 4.42 Å². The highest BCUT2D eigenvalue weighted by Crippen LogP contribution is 2.30. The average Bonchev–Trinajstić information content (AvgIpc) is 3.02. The SMILES string of the molecule is CC(C)N(CCC(c1ccccc1)c1nc2ccccc2o1)C(C)C. The molecule has 0 radical (unpaired) electrons. The molecule has 0 saturated carbocycles. The zero-order chi connectivity index (χ0) is 17.8. The third-order valence-electron chi connectivity index (χ3n) is 4.81. The molecule has 0 spiro atoms. The molecule has 0 amide bonds. The van der Waals surface area contributed by atoms with Gasteiger partial charge in [0.1, 0.15) is 5.52 Å². The van der Waals surface area contributed by atoms with Crippen LogP contribution < -0.4 is 0 Å². The van der Waals surface area contributed by atoms with Crippen molar-refractivity contribution in [3.05, 3.63) is 66.1 Å². The lowest BCUT2D eigenvalue weighted by Crippen LogP contribution is -2.38. The summed E-state index contributed by atoms with van der Waals surface area (Å²) < 4.78 is 6.11. The molecule has 0 N–H and O–H groups in total. The number of hydrogen-bond donors (Lipinski definition) is 0. The summed E-state index contributed by atoms with van der Waals surface area (Å²) in [4.78, 5) is 7.30. The Hall–Kier alpha value is -2.13. The molecule has 1 heterocycles. The molecule has 3 aromatic rings. The number of hydrogen-bond acceptors (Lipinski definition) is 3. The Morgan fingerprint density at radius 3 is 2.16 bits per heavy atom. The van der Waals surface area contributed by atoms with Gasteiger partial charge in [-0.05, 0) is 58.4 Å². The maximum atomic E-state index is 6.11. The predicted molar refractivity (Wildman–Crippen MR) is 104 cm³/mol. The van der Waals surface area contributed by atoms with Gasteiger partial charge in [-0.15, -0.1) is 0 Å². The quantitative estimate of drug-likeness (QED) is 0.573. The van der Waals surface area contributed by atoms with Crippen LogP contribution in [0.1, 0.15) is 51.5 Å². The second-order valence-electron chi connectivity index (χ2n) is 7.20. The van der Waals surface area contributed by atoms with Crippen molar-refractivity contribution in [3.8, 4) is 0 Å². The summed E-state index contributed by atoms with van der Waals surface area (Å²) >= 11 is 0. The Kier molecular flexibility index (Phi) is 5.54. The van der Waals surface area contributed by atoms with E-state index in [-0.39, 0.29) is 5.92 Å². The first-order valence-electron chi connectivity index (χ1n) is 9.22. The van der Waals surface area contributed by atoms with E-state index >= 15 is 0 Å². The third-order valence-corrected chi connectivity index (χ3v) is 4.81. The van der Waals surface area contributed by atoms with Crippen LogP contribution in [0.4, 0.5) is 0 Å². The third kappa shape index (κ3) is 4.10. The lowest BCUT2D eigenvalue weighted by atomic mass is 9.95. The largest absolute Gasteiger partial charge is 0.440 e. The van der Waals surface area contributed by atoms with Crippen LogP contribution in [0, 0.1) is 0 Å².